The third-order valence-corrected chi connectivity index (χ3v) is 4.68. The Bertz CT molecular complexity index is 589. The Morgan fingerprint density at radius 3 is 2.52 bits per heavy atom. The van der Waals surface area contributed by atoms with Crippen LogP contribution in [0.15, 0.2) is 53.4 Å². The minimum Gasteiger partial charge on any atom is -0.486 e. The van der Waals surface area contributed by atoms with E-state index in [9.17, 15) is 0 Å². The molecular weight excluding hydrogens is 282 g/mol. The Balaban J connectivity index is 1.66. The molecule has 2 aromatic rings. The Kier molecular flexibility index (Phi) is 4.68. The topological polar surface area (TPSA) is 44.5 Å². The fourth-order valence-electron chi connectivity index (χ4n) is 2.34. The van der Waals surface area contributed by atoms with Crippen LogP contribution >= 0.6 is 11.8 Å². The molecule has 0 aliphatic carbocycles. The first-order chi connectivity index (χ1) is 10.4. The highest BCUT2D eigenvalue weighted by Crippen LogP contribution is 2.35. The first kappa shape index (κ1) is 14.3. The molecule has 0 radical (unpaired) electrons. The number of ether oxygens (including phenoxy) is 2. The number of fused-ring (bicyclic) bond motifs is 1. The lowest BCUT2D eigenvalue weighted by Crippen LogP contribution is -2.15. The third-order valence-electron chi connectivity index (χ3n) is 3.52. The lowest BCUT2D eigenvalue weighted by molar-refractivity contribution is 0.171. The van der Waals surface area contributed by atoms with Crippen molar-refractivity contribution in [2.24, 2.45) is 5.73 Å². The monoisotopic (exact) mass is 301 g/mol. The summed E-state index contributed by atoms with van der Waals surface area (Å²) in [5.41, 5.74) is 7.22. The predicted molar refractivity (Wildman–Crippen MR) is 86.4 cm³/mol. The van der Waals surface area contributed by atoms with Crippen molar-refractivity contribution in [1.29, 1.82) is 0 Å². The number of hydrogen-bond acceptors (Lipinski definition) is 4. The van der Waals surface area contributed by atoms with Crippen LogP contribution in [0.5, 0.6) is 11.5 Å². The second-order valence-corrected chi connectivity index (χ2v) is 6.05. The van der Waals surface area contributed by atoms with E-state index in [1.807, 2.05) is 12.1 Å². The molecule has 0 saturated carbocycles. The summed E-state index contributed by atoms with van der Waals surface area (Å²) in [6.45, 7) is 1.90. The number of nitrogens with two attached hydrogens (primary N) is 1. The Morgan fingerprint density at radius 2 is 1.76 bits per heavy atom. The fourth-order valence-corrected chi connectivity index (χ4v) is 3.41. The summed E-state index contributed by atoms with van der Waals surface area (Å²) in [5, 5.41) is 0. The van der Waals surface area contributed by atoms with E-state index in [4.69, 9.17) is 15.2 Å². The van der Waals surface area contributed by atoms with Gasteiger partial charge in [-0.25, -0.2) is 0 Å². The van der Waals surface area contributed by atoms with E-state index < -0.39 is 0 Å². The van der Waals surface area contributed by atoms with Gasteiger partial charge in [0.2, 0.25) is 0 Å². The van der Waals surface area contributed by atoms with Crippen LogP contribution in [0.3, 0.4) is 0 Å². The van der Waals surface area contributed by atoms with Gasteiger partial charge in [-0.15, -0.1) is 11.8 Å². The van der Waals surface area contributed by atoms with Crippen molar-refractivity contribution in [3.8, 4) is 11.5 Å². The summed E-state index contributed by atoms with van der Waals surface area (Å²) in [5.74, 6) is 3.00. The second kappa shape index (κ2) is 6.87. The van der Waals surface area contributed by atoms with Crippen molar-refractivity contribution in [2.45, 2.75) is 10.8 Å². The average molecular weight is 301 g/mol. The lowest BCUT2D eigenvalue weighted by Gasteiger charge is -2.19. The van der Waals surface area contributed by atoms with Crippen LogP contribution in [-0.4, -0.2) is 25.5 Å². The summed E-state index contributed by atoms with van der Waals surface area (Å²) in [6.07, 6.45) is 0. The average Bonchev–Trinajstić information content (AvgIpc) is 2.56. The highest BCUT2D eigenvalue weighted by Gasteiger charge is 2.14. The molecule has 1 unspecified atom stereocenters. The first-order valence-electron chi connectivity index (χ1n) is 7.14. The second-order valence-electron chi connectivity index (χ2n) is 4.96. The van der Waals surface area contributed by atoms with E-state index >= 15 is 0 Å². The van der Waals surface area contributed by atoms with Crippen molar-refractivity contribution in [2.75, 3.05) is 25.5 Å². The maximum atomic E-state index is 5.92. The van der Waals surface area contributed by atoms with Gasteiger partial charge in [0.05, 0.1) is 0 Å². The summed E-state index contributed by atoms with van der Waals surface area (Å²) in [7, 11) is 0. The van der Waals surface area contributed by atoms with E-state index in [-0.39, 0.29) is 0 Å². The third kappa shape index (κ3) is 3.52. The van der Waals surface area contributed by atoms with Crippen LogP contribution in [-0.2, 0) is 0 Å². The quantitative estimate of drug-likeness (QED) is 0.861. The van der Waals surface area contributed by atoms with Gasteiger partial charge in [-0.2, -0.15) is 0 Å². The number of benzene rings is 2. The molecule has 1 aliphatic heterocycles. The van der Waals surface area contributed by atoms with Crippen molar-refractivity contribution < 1.29 is 9.47 Å². The largest absolute Gasteiger partial charge is 0.486 e. The fraction of sp³-hybridized carbons (Fsp3) is 0.294. The van der Waals surface area contributed by atoms with Gasteiger partial charge in [0.15, 0.2) is 11.5 Å². The Hall–Kier alpha value is -1.65. The molecule has 21 heavy (non-hydrogen) atoms. The molecule has 0 spiro atoms. The van der Waals surface area contributed by atoms with E-state index in [0.29, 0.717) is 25.7 Å². The van der Waals surface area contributed by atoms with Gasteiger partial charge in [0, 0.05) is 16.6 Å². The molecule has 0 fully saturated rings. The number of thioether (sulfide) groups is 1. The molecule has 2 N–H and O–H groups in total. The van der Waals surface area contributed by atoms with Crippen molar-refractivity contribution in [1.82, 2.24) is 0 Å². The van der Waals surface area contributed by atoms with E-state index in [1.165, 1.54) is 10.5 Å². The molecule has 1 atom stereocenters. The van der Waals surface area contributed by atoms with Crippen LogP contribution in [0.1, 0.15) is 11.5 Å². The van der Waals surface area contributed by atoms with Gasteiger partial charge >= 0.3 is 0 Å². The maximum absolute atomic E-state index is 5.92. The first-order valence-corrected chi connectivity index (χ1v) is 8.13. The highest BCUT2D eigenvalue weighted by atomic mass is 32.2. The normalized spacial score (nSPS) is 14.7. The zero-order chi connectivity index (χ0) is 14.5. The molecule has 0 amide bonds. The highest BCUT2D eigenvalue weighted by molar-refractivity contribution is 7.99. The lowest BCUT2D eigenvalue weighted by atomic mass is 10.0. The molecule has 2 aromatic carbocycles. The van der Waals surface area contributed by atoms with Crippen LogP contribution in [0.25, 0.3) is 0 Å². The molecule has 1 aliphatic rings. The molecule has 0 aromatic heterocycles. The minimum absolute atomic E-state index is 0.365. The number of hydrogen-bond donors (Lipinski definition) is 1. The van der Waals surface area contributed by atoms with Gasteiger partial charge in [-0.1, -0.05) is 30.3 Å². The van der Waals surface area contributed by atoms with E-state index in [2.05, 4.69) is 36.4 Å². The molecular formula is C17H19NO2S. The predicted octanol–water partition coefficient (Wildman–Crippen LogP) is 3.29. The zero-order valence-electron chi connectivity index (χ0n) is 11.8. The minimum atomic E-state index is 0.365. The molecule has 1 heterocycles. The standard InChI is InChI=1S/C17H19NO2S/c18-11-14(13-4-2-1-3-5-13)12-21-15-6-7-16-17(10-15)20-9-8-19-16/h1-7,10,14H,8-9,11-12,18H2. The summed E-state index contributed by atoms with van der Waals surface area (Å²) in [4.78, 5) is 1.19. The molecule has 0 bridgehead atoms. The van der Waals surface area contributed by atoms with Gasteiger partial charge in [0.25, 0.3) is 0 Å². The van der Waals surface area contributed by atoms with Crippen molar-refractivity contribution in [3.63, 3.8) is 0 Å². The van der Waals surface area contributed by atoms with E-state index in [1.54, 1.807) is 11.8 Å². The van der Waals surface area contributed by atoms with Crippen molar-refractivity contribution >= 4 is 11.8 Å². The molecule has 3 nitrogen and oxygen atoms in total. The van der Waals surface area contributed by atoms with Gasteiger partial charge in [0.1, 0.15) is 13.2 Å². The Morgan fingerprint density at radius 1 is 1.00 bits per heavy atom. The van der Waals surface area contributed by atoms with Crippen LogP contribution in [0.4, 0.5) is 0 Å². The molecule has 4 heteroatoms. The molecule has 110 valence electrons. The summed E-state index contributed by atoms with van der Waals surface area (Å²) < 4.78 is 11.2. The molecule has 3 rings (SSSR count). The van der Waals surface area contributed by atoms with Crippen LogP contribution in [0, 0.1) is 0 Å². The van der Waals surface area contributed by atoms with Gasteiger partial charge in [-0.05, 0) is 30.3 Å². The smallest absolute Gasteiger partial charge is 0.162 e. The zero-order valence-corrected chi connectivity index (χ0v) is 12.6. The van der Waals surface area contributed by atoms with Gasteiger partial charge in [-0.3, -0.25) is 0 Å². The van der Waals surface area contributed by atoms with Crippen LogP contribution in [0.2, 0.25) is 0 Å². The maximum Gasteiger partial charge on any atom is 0.162 e. The summed E-state index contributed by atoms with van der Waals surface area (Å²) in [6, 6.07) is 16.6. The SMILES string of the molecule is NCC(CSc1ccc2c(c1)OCCO2)c1ccccc1. The molecule has 0 saturated heterocycles. The van der Waals surface area contributed by atoms with E-state index in [0.717, 1.165) is 17.3 Å². The van der Waals surface area contributed by atoms with Crippen molar-refractivity contribution in [3.05, 3.63) is 54.1 Å². The van der Waals surface area contributed by atoms with Gasteiger partial charge < -0.3 is 15.2 Å². The summed E-state index contributed by atoms with van der Waals surface area (Å²) >= 11 is 1.81. The van der Waals surface area contributed by atoms with Crippen LogP contribution < -0.4 is 15.2 Å². The Labute approximate surface area is 129 Å². The number of rotatable bonds is 5.